The summed E-state index contributed by atoms with van der Waals surface area (Å²) >= 11 is 3.29. The Morgan fingerprint density at radius 1 is 1.71 bits per heavy atom. The first-order chi connectivity index (χ1) is 3.39. The molecule has 0 fully saturated rings. The minimum atomic E-state index is 0.942. The number of nitrogens with one attached hydrogen (secondary N) is 1. The Labute approximate surface area is 51.2 Å². The van der Waals surface area contributed by atoms with Gasteiger partial charge in [-0.2, -0.15) is 0 Å². The highest BCUT2D eigenvalue weighted by Gasteiger charge is 1.87. The number of allylic oxidation sites excluding steroid dienone is 2. The molecule has 7 heavy (non-hydrogen) atoms. The first-order valence-corrected chi connectivity index (χ1v) is 2.95. The molecule has 0 saturated carbocycles. The van der Waals surface area contributed by atoms with Crippen molar-refractivity contribution < 1.29 is 0 Å². The molecule has 2 heteroatoms. The van der Waals surface area contributed by atoms with Crippen LogP contribution >= 0.6 is 15.9 Å². The maximum absolute atomic E-state index is 3.29. The Balaban J connectivity index is 2.57. The monoisotopic (exact) mass is 159 g/mol. The fourth-order valence-electron chi connectivity index (χ4n) is 0.436. The van der Waals surface area contributed by atoms with Gasteiger partial charge in [-0.15, -0.1) is 0 Å². The maximum Gasteiger partial charge on any atom is 0.0782 e. The summed E-state index contributed by atoms with van der Waals surface area (Å²) in [5.41, 5.74) is 0. The second-order valence-corrected chi connectivity index (χ2v) is 2.18. The Morgan fingerprint density at radius 3 is 2.86 bits per heavy atom. The fraction of sp³-hybridized carbons (Fsp3) is 0.200. The van der Waals surface area contributed by atoms with E-state index in [1.807, 2.05) is 12.2 Å². The third-order valence-electron chi connectivity index (χ3n) is 0.767. The van der Waals surface area contributed by atoms with E-state index < -0.39 is 0 Å². The molecular formula is C5H6BrN. The molecule has 0 spiro atoms. The summed E-state index contributed by atoms with van der Waals surface area (Å²) in [5.74, 6) is 0. The maximum atomic E-state index is 3.29. The molecule has 1 aliphatic rings. The van der Waals surface area contributed by atoms with Crippen LogP contribution in [0.1, 0.15) is 0 Å². The molecule has 0 aromatic carbocycles. The van der Waals surface area contributed by atoms with Crippen LogP contribution in [0.15, 0.2) is 22.8 Å². The van der Waals surface area contributed by atoms with Gasteiger partial charge in [-0.25, -0.2) is 0 Å². The van der Waals surface area contributed by atoms with Gasteiger partial charge in [0.2, 0.25) is 0 Å². The average Bonchev–Trinajstić information content (AvgIpc) is 1.69. The molecule has 0 amide bonds. The molecule has 1 heterocycles. The van der Waals surface area contributed by atoms with E-state index in [2.05, 4.69) is 27.3 Å². The van der Waals surface area contributed by atoms with Crippen LogP contribution in [-0.4, -0.2) is 6.54 Å². The molecule has 0 atom stereocenters. The molecule has 1 rings (SSSR count). The Bertz CT molecular complexity index is 115. The van der Waals surface area contributed by atoms with E-state index >= 15 is 0 Å². The summed E-state index contributed by atoms with van der Waals surface area (Å²) in [7, 11) is 0. The van der Waals surface area contributed by atoms with Crippen molar-refractivity contribution in [2.24, 2.45) is 0 Å². The van der Waals surface area contributed by atoms with Crippen molar-refractivity contribution in [3.63, 3.8) is 0 Å². The first kappa shape index (κ1) is 4.91. The lowest BCUT2D eigenvalue weighted by Crippen LogP contribution is -2.10. The van der Waals surface area contributed by atoms with Crippen LogP contribution in [0, 0.1) is 0 Å². The predicted octanol–water partition coefficient (Wildman–Crippen LogP) is 1.38. The van der Waals surface area contributed by atoms with Crippen molar-refractivity contribution in [2.75, 3.05) is 6.54 Å². The van der Waals surface area contributed by atoms with Gasteiger partial charge in [0.15, 0.2) is 0 Å². The Kier molecular flexibility index (Phi) is 1.52. The lowest BCUT2D eigenvalue weighted by molar-refractivity contribution is 0.959. The lowest BCUT2D eigenvalue weighted by Gasteiger charge is -2.02. The summed E-state index contributed by atoms with van der Waals surface area (Å²) in [4.78, 5) is 0. The SMILES string of the molecule is BrC1=CC=CCN1. The third kappa shape index (κ3) is 1.35. The third-order valence-corrected chi connectivity index (χ3v) is 1.31. The molecule has 0 bridgehead atoms. The van der Waals surface area contributed by atoms with E-state index in [-0.39, 0.29) is 0 Å². The Hall–Kier alpha value is -0.240. The molecule has 0 unspecified atom stereocenters. The average molecular weight is 160 g/mol. The van der Waals surface area contributed by atoms with Crippen LogP contribution in [-0.2, 0) is 0 Å². The van der Waals surface area contributed by atoms with E-state index in [4.69, 9.17) is 0 Å². The van der Waals surface area contributed by atoms with E-state index in [0.29, 0.717) is 0 Å². The first-order valence-electron chi connectivity index (χ1n) is 2.16. The second kappa shape index (κ2) is 2.17. The molecule has 0 radical (unpaired) electrons. The highest BCUT2D eigenvalue weighted by atomic mass is 79.9. The fourth-order valence-corrected chi connectivity index (χ4v) is 0.750. The molecule has 1 N–H and O–H groups in total. The number of rotatable bonds is 0. The Morgan fingerprint density at radius 2 is 2.57 bits per heavy atom. The van der Waals surface area contributed by atoms with Crippen LogP contribution < -0.4 is 5.32 Å². The number of halogens is 1. The molecule has 1 aliphatic heterocycles. The standard InChI is InChI=1S/C5H6BrN/c6-5-3-1-2-4-7-5/h1-3,7H,4H2. The van der Waals surface area contributed by atoms with Crippen molar-refractivity contribution in [3.05, 3.63) is 22.8 Å². The quantitative estimate of drug-likeness (QED) is 0.528. The highest BCUT2D eigenvalue weighted by molar-refractivity contribution is 9.11. The van der Waals surface area contributed by atoms with Crippen molar-refractivity contribution in [3.8, 4) is 0 Å². The van der Waals surface area contributed by atoms with Crippen LogP contribution in [0.3, 0.4) is 0 Å². The molecular weight excluding hydrogens is 154 g/mol. The minimum absolute atomic E-state index is 0.942. The summed E-state index contributed by atoms with van der Waals surface area (Å²) < 4.78 is 1.06. The van der Waals surface area contributed by atoms with Crippen molar-refractivity contribution >= 4 is 15.9 Å². The summed E-state index contributed by atoms with van der Waals surface area (Å²) in [5, 5.41) is 3.07. The van der Waals surface area contributed by atoms with E-state index in [1.54, 1.807) is 0 Å². The topological polar surface area (TPSA) is 12.0 Å². The van der Waals surface area contributed by atoms with Gasteiger partial charge in [-0.1, -0.05) is 12.2 Å². The number of dihydropyridines is 1. The van der Waals surface area contributed by atoms with Gasteiger partial charge in [0, 0.05) is 6.54 Å². The molecule has 38 valence electrons. The smallest absolute Gasteiger partial charge is 0.0782 e. The van der Waals surface area contributed by atoms with Crippen molar-refractivity contribution in [1.82, 2.24) is 5.32 Å². The lowest BCUT2D eigenvalue weighted by atomic mass is 10.4. The molecule has 0 aromatic rings. The zero-order valence-corrected chi connectivity index (χ0v) is 5.40. The van der Waals surface area contributed by atoms with E-state index in [9.17, 15) is 0 Å². The summed E-state index contributed by atoms with van der Waals surface area (Å²) in [6.07, 6.45) is 6.05. The van der Waals surface area contributed by atoms with E-state index in [0.717, 1.165) is 11.2 Å². The van der Waals surface area contributed by atoms with Crippen LogP contribution in [0.4, 0.5) is 0 Å². The predicted molar refractivity (Wildman–Crippen MR) is 34.2 cm³/mol. The molecule has 1 nitrogen and oxygen atoms in total. The molecule has 0 saturated heterocycles. The van der Waals surface area contributed by atoms with Gasteiger partial charge in [0.25, 0.3) is 0 Å². The summed E-state index contributed by atoms with van der Waals surface area (Å²) in [6.45, 7) is 0.942. The van der Waals surface area contributed by atoms with Crippen molar-refractivity contribution in [2.45, 2.75) is 0 Å². The van der Waals surface area contributed by atoms with Crippen LogP contribution in [0.2, 0.25) is 0 Å². The normalized spacial score (nSPS) is 18.1. The van der Waals surface area contributed by atoms with Gasteiger partial charge in [0.05, 0.1) is 4.61 Å². The second-order valence-electron chi connectivity index (χ2n) is 1.32. The minimum Gasteiger partial charge on any atom is -0.376 e. The number of hydrogen-bond donors (Lipinski definition) is 1. The van der Waals surface area contributed by atoms with Crippen LogP contribution in [0.5, 0.6) is 0 Å². The van der Waals surface area contributed by atoms with E-state index in [1.165, 1.54) is 0 Å². The zero-order valence-electron chi connectivity index (χ0n) is 3.82. The van der Waals surface area contributed by atoms with Gasteiger partial charge < -0.3 is 5.32 Å². The van der Waals surface area contributed by atoms with Gasteiger partial charge in [-0.3, -0.25) is 0 Å². The van der Waals surface area contributed by atoms with Gasteiger partial charge >= 0.3 is 0 Å². The highest BCUT2D eigenvalue weighted by Crippen LogP contribution is 2.01. The number of hydrogen-bond acceptors (Lipinski definition) is 1. The van der Waals surface area contributed by atoms with Crippen LogP contribution in [0.25, 0.3) is 0 Å². The van der Waals surface area contributed by atoms with Gasteiger partial charge in [-0.05, 0) is 22.0 Å². The molecule has 0 aliphatic carbocycles. The van der Waals surface area contributed by atoms with Gasteiger partial charge in [0.1, 0.15) is 0 Å². The summed E-state index contributed by atoms with van der Waals surface area (Å²) in [6, 6.07) is 0. The molecule has 0 aromatic heterocycles. The zero-order chi connectivity index (χ0) is 5.11. The van der Waals surface area contributed by atoms with Crippen molar-refractivity contribution in [1.29, 1.82) is 0 Å². The largest absolute Gasteiger partial charge is 0.376 e.